The van der Waals surface area contributed by atoms with Crippen LogP contribution in [0, 0.1) is 0 Å². The molecule has 3 nitrogen and oxygen atoms in total. The molecule has 12 aromatic rings. The number of aromatic nitrogens is 1. The van der Waals surface area contributed by atoms with Gasteiger partial charge in [-0.15, -0.1) is 0 Å². The summed E-state index contributed by atoms with van der Waals surface area (Å²) in [5.74, 6) is 0. The molecule has 3 heteroatoms. The van der Waals surface area contributed by atoms with Crippen molar-refractivity contribution < 1.29 is 0 Å². The number of nitrogens with zero attached hydrogens (tertiary/aromatic N) is 2. The smallest absolute Gasteiger partial charge is 0.0541 e. The normalized spacial score (nSPS) is 11.7. The fourth-order valence-electron chi connectivity index (χ4n) is 10.0. The molecule has 0 amide bonds. The summed E-state index contributed by atoms with van der Waals surface area (Å²) in [6, 6.07) is 102. The van der Waals surface area contributed by atoms with Gasteiger partial charge < -0.3 is 14.8 Å². The second-order valence-electron chi connectivity index (χ2n) is 18.7. The van der Waals surface area contributed by atoms with E-state index in [2.05, 4.69) is 300 Å². The molecule has 0 aliphatic heterocycles. The number of anilines is 4. The van der Waals surface area contributed by atoms with Crippen LogP contribution in [0.15, 0.2) is 310 Å². The Morgan fingerprint density at radius 3 is 1.29 bits per heavy atom. The Kier molecular flexibility index (Phi) is 13.2. The molecule has 356 valence electrons. The number of fused-ring (bicyclic) bond motifs is 3. The van der Waals surface area contributed by atoms with Crippen LogP contribution in [0.1, 0.15) is 11.1 Å². The van der Waals surface area contributed by atoms with Crippen LogP contribution in [0.25, 0.3) is 83.6 Å². The average Bonchev–Trinajstić information content (AvgIpc) is 3.83. The molecule has 0 aliphatic carbocycles. The lowest BCUT2D eigenvalue weighted by Gasteiger charge is -2.25. The minimum absolute atomic E-state index is 1.05. The largest absolute Gasteiger partial charge is 0.362 e. The SMILES string of the molecule is C(=C/c1ccccc1)/C(=C\C=C\Nc1ccccc1)c1ccc(-c2ccc3c(c2)c2cc(-c4ccc(-c5ccc(N(c6ccccc6)c6ccccc6)cc5)cc4)ccc2n3-c2ccc(-c3ccccc3)cc2)cc1. The van der Waals surface area contributed by atoms with Crippen LogP contribution >= 0.6 is 0 Å². The highest BCUT2D eigenvalue weighted by Gasteiger charge is 2.17. The van der Waals surface area contributed by atoms with Gasteiger partial charge >= 0.3 is 0 Å². The first-order valence-electron chi connectivity index (χ1n) is 25.6. The summed E-state index contributed by atoms with van der Waals surface area (Å²) in [6.45, 7) is 0. The van der Waals surface area contributed by atoms with E-state index in [0.29, 0.717) is 0 Å². The van der Waals surface area contributed by atoms with Gasteiger partial charge in [0.1, 0.15) is 0 Å². The van der Waals surface area contributed by atoms with E-state index in [1.54, 1.807) is 0 Å². The topological polar surface area (TPSA) is 20.2 Å². The van der Waals surface area contributed by atoms with E-state index in [9.17, 15) is 0 Å². The summed E-state index contributed by atoms with van der Waals surface area (Å²) in [5.41, 5.74) is 20.7. The Labute approximate surface area is 439 Å². The van der Waals surface area contributed by atoms with Gasteiger partial charge in [0.05, 0.1) is 11.0 Å². The fourth-order valence-corrected chi connectivity index (χ4v) is 10.0. The van der Waals surface area contributed by atoms with Crippen molar-refractivity contribution in [2.75, 3.05) is 10.2 Å². The van der Waals surface area contributed by atoms with Crippen LogP contribution in [-0.4, -0.2) is 4.57 Å². The van der Waals surface area contributed by atoms with E-state index in [0.717, 1.165) is 50.7 Å². The van der Waals surface area contributed by atoms with E-state index < -0.39 is 0 Å². The Hall–Kier alpha value is -9.96. The van der Waals surface area contributed by atoms with Gasteiger partial charge in [0, 0.05) is 45.4 Å². The van der Waals surface area contributed by atoms with Gasteiger partial charge in [-0.1, -0.05) is 218 Å². The zero-order valence-electron chi connectivity index (χ0n) is 41.4. The molecule has 1 heterocycles. The molecule has 0 radical (unpaired) electrons. The van der Waals surface area contributed by atoms with Crippen molar-refractivity contribution >= 4 is 56.2 Å². The summed E-state index contributed by atoms with van der Waals surface area (Å²) >= 11 is 0. The molecule has 0 spiro atoms. The van der Waals surface area contributed by atoms with E-state index in [1.165, 1.54) is 60.8 Å². The third-order valence-corrected chi connectivity index (χ3v) is 13.9. The number of allylic oxidation sites excluding steroid dienone is 4. The minimum Gasteiger partial charge on any atom is -0.362 e. The molecule has 0 bridgehead atoms. The molecule has 11 aromatic carbocycles. The van der Waals surface area contributed by atoms with Crippen LogP contribution in [0.5, 0.6) is 0 Å². The molecule has 0 atom stereocenters. The standard InChI is InChI=1S/C72H53N3/c1-6-17-53(18-7-1)28-29-55(21-16-50-73-64-22-10-3-11-23-64)56-30-34-60(35-31-56)62-42-48-71-69(51-62)70-52-63(43-49-72(70)75(71)68-46-40-58(41-47-68)54-19-8-2-9-20-54)61-36-32-57(33-37-61)59-38-44-67(45-39-59)74(65-24-12-4-13-25-65)66-26-14-5-15-27-66/h1-52,73H/b29-28-,50-16+,55-21+. The van der Waals surface area contributed by atoms with Crippen LogP contribution in [0.3, 0.4) is 0 Å². The summed E-state index contributed by atoms with van der Waals surface area (Å²) < 4.78 is 2.41. The first-order chi connectivity index (χ1) is 37.2. The molecule has 75 heavy (non-hydrogen) atoms. The lowest BCUT2D eigenvalue weighted by atomic mass is 9.97. The van der Waals surface area contributed by atoms with Crippen molar-refractivity contribution in [3.8, 4) is 50.2 Å². The molecule has 0 saturated carbocycles. The Balaban J connectivity index is 0.878. The predicted octanol–water partition coefficient (Wildman–Crippen LogP) is 19.6. The van der Waals surface area contributed by atoms with Crippen molar-refractivity contribution in [2.24, 2.45) is 0 Å². The molecule has 12 rings (SSSR count). The van der Waals surface area contributed by atoms with Crippen LogP contribution in [0.4, 0.5) is 22.7 Å². The van der Waals surface area contributed by atoms with Gasteiger partial charge in [-0.3, -0.25) is 0 Å². The summed E-state index contributed by atoms with van der Waals surface area (Å²) in [6.07, 6.45) is 10.6. The van der Waals surface area contributed by atoms with E-state index in [-0.39, 0.29) is 0 Å². The molecule has 0 unspecified atom stereocenters. The molecule has 0 fully saturated rings. The van der Waals surface area contributed by atoms with Crippen LogP contribution < -0.4 is 10.2 Å². The molecular weight excluding hydrogens is 907 g/mol. The van der Waals surface area contributed by atoms with Crippen LogP contribution in [0.2, 0.25) is 0 Å². The zero-order chi connectivity index (χ0) is 50.2. The molecule has 0 saturated heterocycles. The van der Waals surface area contributed by atoms with Gasteiger partial charge in [-0.2, -0.15) is 0 Å². The van der Waals surface area contributed by atoms with Crippen molar-refractivity contribution in [3.05, 3.63) is 321 Å². The van der Waals surface area contributed by atoms with E-state index in [1.807, 2.05) is 30.5 Å². The van der Waals surface area contributed by atoms with Gasteiger partial charge in [0.15, 0.2) is 0 Å². The summed E-state index contributed by atoms with van der Waals surface area (Å²) in [5, 5.41) is 5.80. The second kappa shape index (κ2) is 21.4. The van der Waals surface area contributed by atoms with E-state index in [4.69, 9.17) is 0 Å². The first-order valence-corrected chi connectivity index (χ1v) is 25.6. The Bertz CT molecular complexity index is 3890. The maximum Gasteiger partial charge on any atom is 0.0541 e. The summed E-state index contributed by atoms with van der Waals surface area (Å²) in [7, 11) is 0. The maximum atomic E-state index is 3.39. The van der Waals surface area contributed by atoms with Crippen LogP contribution in [-0.2, 0) is 0 Å². The first kappa shape index (κ1) is 46.1. The van der Waals surface area contributed by atoms with Gasteiger partial charge in [0.2, 0.25) is 0 Å². The quantitative estimate of drug-likeness (QED) is 0.110. The fraction of sp³-hybridized carbons (Fsp3) is 0. The predicted molar refractivity (Wildman–Crippen MR) is 320 cm³/mol. The second-order valence-corrected chi connectivity index (χ2v) is 18.7. The Morgan fingerprint density at radius 1 is 0.360 bits per heavy atom. The maximum absolute atomic E-state index is 3.39. The number of rotatable bonds is 14. The lowest BCUT2D eigenvalue weighted by molar-refractivity contribution is 1.18. The zero-order valence-corrected chi connectivity index (χ0v) is 41.4. The molecule has 1 aromatic heterocycles. The van der Waals surface area contributed by atoms with Gasteiger partial charge in [-0.05, 0) is 152 Å². The van der Waals surface area contributed by atoms with Crippen molar-refractivity contribution in [2.45, 2.75) is 0 Å². The number of hydrogen-bond donors (Lipinski definition) is 1. The van der Waals surface area contributed by atoms with Gasteiger partial charge in [0.25, 0.3) is 0 Å². The molecule has 0 aliphatic rings. The molecule has 1 N–H and O–H groups in total. The third-order valence-electron chi connectivity index (χ3n) is 13.9. The average molecular weight is 960 g/mol. The highest BCUT2D eigenvalue weighted by molar-refractivity contribution is 6.11. The van der Waals surface area contributed by atoms with Crippen molar-refractivity contribution in [3.63, 3.8) is 0 Å². The summed E-state index contributed by atoms with van der Waals surface area (Å²) in [4.78, 5) is 2.30. The lowest BCUT2D eigenvalue weighted by Crippen LogP contribution is -2.09. The minimum atomic E-state index is 1.05. The number of hydrogen-bond acceptors (Lipinski definition) is 2. The number of para-hydroxylation sites is 3. The molecular formula is C72H53N3. The van der Waals surface area contributed by atoms with E-state index >= 15 is 0 Å². The van der Waals surface area contributed by atoms with Crippen molar-refractivity contribution in [1.82, 2.24) is 4.57 Å². The third kappa shape index (κ3) is 10.1. The Morgan fingerprint density at radius 2 is 0.760 bits per heavy atom. The monoisotopic (exact) mass is 959 g/mol. The number of benzene rings is 11. The number of nitrogens with one attached hydrogen (secondary N) is 1. The van der Waals surface area contributed by atoms with Gasteiger partial charge in [-0.25, -0.2) is 0 Å². The highest BCUT2D eigenvalue weighted by Crippen LogP contribution is 2.39. The van der Waals surface area contributed by atoms with Crippen molar-refractivity contribution in [1.29, 1.82) is 0 Å². The highest BCUT2D eigenvalue weighted by atomic mass is 15.1.